The number of nitrogens with one attached hydrogen (secondary N) is 1. The third kappa shape index (κ3) is 39.5. The lowest BCUT2D eigenvalue weighted by molar-refractivity contribution is -0.870. The Morgan fingerprint density at radius 3 is 1.50 bits per heavy atom. The zero-order chi connectivity index (χ0) is 40.0. The number of aliphatic hydroxyl groups excluding tert-OH is 1. The van der Waals surface area contributed by atoms with Gasteiger partial charge in [-0.25, -0.2) is 0 Å². The molecule has 1 amide bonds. The summed E-state index contributed by atoms with van der Waals surface area (Å²) in [6.07, 6.45) is 42.2. The van der Waals surface area contributed by atoms with E-state index < -0.39 is 20.0 Å². The predicted octanol–water partition coefficient (Wildman–Crippen LogP) is 12.1. The fourth-order valence-corrected chi connectivity index (χ4v) is 7.51. The Kier molecular flexibility index (Phi) is 37.3. The second-order valence-electron chi connectivity index (χ2n) is 17.1. The first-order valence-corrected chi connectivity index (χ1v) is 24.5. The summed E-state index contributed by atoms with van der Waals surface area (Å²) in [6.45, 7) is 4.68. The van der Waals surface area contributed by atoms with Gasteiger partial charge in [-0.2, -0.15) is 0 Å². The molecule has 0 aromatic carbocycles. The molecule has 3 atom stereocenters. The molecule has 0 heterocycles. The van der Waals surface area contributed by atoms with Crippen LogP contribution in [-0.4, -0.2) is 68.5 Å². The van der Waals surface area contributed by atoms with Gasteiger partial charge in [0.05, 0.1) is 39.9 Å². The third-order valence-corrected chi connectivity index (χ3v) is 11.5. The molecule has 9 heteroatoms. The predicted molar refractivity (Wildman–Crippen MR) is 229 cm³/mol. The van der Waals surface area contributed by atoms with Crippen LogP contribution in [0.1, 0.15) is 219 Å². The molecule has 8 nitrogen and oxygen atoms in total. The van der Waals surface area contributed by atoms with Crippen molar-refractivity contribution in [2.24, 2.45) is 0 Å². The molecule has 0 aliphatic carbocycles. The highest BCUT2D eigenvalue weighted by atomic mass is 31.2. The van der Waals surface area contributed by atoms with Crippen LogP contribution in [0, 0.1) is 0 Å². The fraction of sp³-hybridized carbons (Fsp3) is 0.933. The van der Waals surface area contributed by atoms with Gasteiger partial charge in [-0.3, -0.25) is 9.36 Å². The quantitative estimate of drug-likeness (QED) is 0.0276. The lowest BCUT2D eigenvalue weighted by Crippen LogP contribution is -2.46. The van der Waals surface area contributed by atoms with Gasteiger partial charge in [-0.15, -0.1) is 0 Å². The highest BCUT2D eigenvalue weighted by Crippen LogP contribution is 2.38. The molecule has 0 fully saturated rings. The molecule has 54 heavy (non-hydrogen) atoms. The monoisotopic (exact) mass is 787 g/mol. The van der Waals surface area contributed by atoms with Crippen LogP contribution in [-0.2, 0) is 18.4 Å². The number of likely N-dealkylation sites (N-methyl/N-ethyl adjacent to an activating group) is 1. The van der Waals surface area contributed by atoms with Crippen molar-refractivity contribution in [3.8, 4) is 0 Å². The molecule has 0 aliphatic heterocycles. The smallest absolute Gasteiger partial charge is 0.268 e. The maximum Gasteiger partial charge on any atom is 0.268 e. The Morgan fingerprint density at radius 2 is 1.04 bits per heavy atom. The molecule has 0 bridgehead atoms. The summed E-state index contributed by atoms with van der Waals surface area (Å²) in [7, 11) is 1.30. The summed E-state index contributed by atoms with van der Waals surface area (Å²) in [4.78, 5) is 25.3. The molecule has 0 aromatic heterocycles. The summed E-state index contributed by atoms with van der Waals surface area (Å²) in [6, 6.07) is -0.800. The summed E-state index contributed by atoms with van der Waals surface area (Å²) in [5.74, 6) is -0.174. The fourth-order valence-electron chi connectivity index (χ4n) is 6.79. The minimum Gasteiger partial charge on any atom is -0.756 e. The van der Waals surface area contributed by atoms with E-state index in [1.807, 2.05) is 21.1 Å². The number of carbonyl (C=O) groups excluding carboxylic acids is 1. The maximum absolute atomic E-state index is 12.8. The largest absolute Gasteiger partial charge is 0.756 e. The van der Waals surface area contributed by atoms with Crippen LogP contribution in [0.2, 0.25) is 0 Å². The Morgan fingerprint density at radius 1 is 0.630 bits per heavy atom. The van der Waals surface area contributed by atoms with E-state index in [0.717, 1.165) is 51.4 Å². The van der Waals surface area contributed by atoms with Gasteiger partial charge in [0.1, 0.15) is 13.2 Å². The molecule has 2 N–H and O–H groups in total. The second kappa shape index (κ2) is 37.8. The van der Waals surface area contributed by atoms with Crippen LogP contribution < -0.4 is 10.2 Å². The number of nitrogens with zero attached hydrogens (tertiary/aromatic N) is 1. The summed E-state index contributed by atoms with van der Waals surface area (Å²) >= 11 is 0. The first-order chi connectivity index (χ1) is 26.0. The van der Waals surface area contributed by atoms with Gasteiger partial charge in [0.25, 0.3) is 7.82 Å². The van der Waals surface area contributed by atoms with Gasteiger partial charge in [-0.1, -0.05) is 193 Å². The first-order valence-electron chi connectivity index (χ1n) is 23.0. The molecule has 0 radical (unpaired) electrons. The number of rotatable bonds is 42. The normalized spacial score (nSPS) is 14.4. The molecule has 0 saturated carbocycles. The van der Waals surface area contributed by atoms with Gasteiger partial charge >= 0.3 is 0 Å². The van der Waals surface area contributed by atoms with Gasteiger partial charge < -0.3 is 28.8 Å². The van der Waals surface area contributed by atoms with Crippen LogP contribution >= 0.6 is 7.82 Å². The molecule has 322 valence electrons. The second-order valence-corrected chi connectivity index (χ2v) is 18.5. The maximum atomic E-state index is 12.8. The molecule has 0 aromatic rings. The lowest BCUT2D eigenvalue weighted by Gasteiger charge is -2.30. The number of aliphatic hydroxyl groups is 1. The standard InChI is InChI=1S/C45H91N2O6P/c1-6-8-10-12-14-16-18-19-20-21-22-23-24-25-26-27-29-30-32-34-36-38-44(48)43(42-53-54(50,51)52-41-40-47(3,4)5)46-45(49)39-37-35-33-31-28-17-15-13-11-9-7-2/h13,15,43-44,48H,6-12,14,16-42H2,1-5H3,(H-,46,49,50,51)/b15-13-. The molecule has 0 rings (SSSR count). The number of hydrogen-bond acceptors (Lipinski definition) is 6. The molecular weight excluding hydrogens is 695 g/mol. The van der Waals surface area contributed by atoms with Crippen LogP contribution in [0.15, 0.2) is 12.2 Å². The topological polar surface area (TPSA) is 108 Å². The van der Waals surface area contributed by atoms with E-state index in [1.165, 1.54) is 141 Å². The van der Waals surface area contributed by atoms with E-state index in [4.69, 9.17) is 9.05 Å². The zero-order valence-corrected chi connectivity index (χ0v) is 37.3. The van der Waals surface area contributed by atoms with E-state index in [9.17, 15) is 19.4 Å². The molecule has 3 unspecified atom stereocenters. The number of quaternary nitrogens is 1. The minimum atomic E-state index is -4.56. The first kappa shape index (κ1) is 53.2. The van der Waals surface area contributed by atoms with Crippen molar-refractivity contribution in [3.05, 3.63) is 12.2 Å². The molecule has 0 aliphatic rings. The number of phosphoric ester groups is 1. The van der Waals surface area contributed by atoms with Crippen molar-refractivity contribution in [1.82, 2.24) is 5.32 Å². The summed E-state index contributed by atoms with van der Waals surface area (Å²) in [5, 5.41) is 13.9. The van der Waals surface area contributed by atoms with Crippen LogP contribution in [0.5, 0.6) is 0 Å². The third-order valence-electron chi connectivity index (χ3n) is 10.5. The average Bonchev–Trinajstić information content (AvgIpc) is 3.12. The lowest BCUT2D eigenvalue weighted by atomic mass is 10.0. The Labute approximate surface area is 335 Å². The highest BCUT2D eigenvalue weighted by molar-refractivity contribution is 7.45. The molecule has 0 saturated heterocycles. The van der Waals surface area contributed by atoms with Gasteiger partial charge in [0.15, 0.2) is 0 Å². The number of phosphoric acid groups is 1. The minimum absolute atomic E-state index is 0.0123. The van der Waals surface area contributed by atoms with Crippen molar-refractivity contribution >= 4 is 13.7 Å². The van der Waals surface area contributed by atoms with E-state index in [0.29, 0.717) is 23.9 Å². The Balaban J connectivity index is 4.24. The van der Waals surface area contributed by atoms with Crippen molar-refractivity contribution in [1.29, 1.82) is 0 Å². The van der Waals surface area contributed by atoms with Crippen molar-refractivity contribution in [2.45, 2.75) is 231 Å². The van der Waals surface area contributed by atoms with Crippen molar-refractivity contribution in [2.75, 3.05) is 40.9 Å². The number of hydrogen-bond donors (Lipinski definition) is 2. The highest BCUT2D eigenvalue weighted by Gasteiger charge is 2.24. The van der Waals surface area contributed by atoms with E-state index in [-0.39, 0.29) is 19.1 Å². The van der Waals surface area contributed by atoms with Gasteiger partial charge in [0.2, 0.25) is 5.91 Å². The number of amides is 1. The van der Waals surface area contributed by atoms with E-state index in [1.54, 1.807) is 0 Å². The van der Waals surface area contributed by atoms with Crippen LogP contribution in [0.4, 0.5) is 0 Å². The van der Waals surface area contributed by atoms with Crippen LogP contribution in [0.3, 0.4) is 0 Å². The van der Waals surface area contributed by atoms with Crippen molar-refractivity contribution < 1.29 is 32.9 Å². The number of carbonyl (C=O) groups is 1. The van der Waals surface area contributed by atoms with Gasteiger partial charge in [-0.05, 0) is 32.1 Å². The number of unbranched alkanes of at least 4 members (excludes halogenated alkanes) is 27. The van der Waals surface area contributed by atoms with E-state index in [2.05, 4.69) is 31.3 Å². The SMILES string of the molecule is CCCC/C=C\CCCCCCCC(=O)NC(COP(=O)([O-])OCC[N+](C)(C)C)C(O)CCCCCCCCCCCCCCCCCCCCCCC. The molecule has 0 spiro atoms. The average molecular weight is 787 g/mol. The summed E-state index contributed by atoms with van der Waals surface area (Å²) in [5.41, 5.74) is 0. The Bertz CT molecular complexity index is 896. The Hall–Kier alpha value is -0.760. The van der Waals surface area contributed by atoms with Crippen molar-refractivity contribution in [3.63, 3.8) is 0 Å². The van der Waals surface area contributed by atoms with Gasteiger partial charge in [0, 0.05) is 6.42 Å². The summed E-state index contributed by atoms with van der Waals surface area (Å²) < 4.78 is 23.2. The van der Waals surface area contributed by atoms with Crippen LogP contribution in [0.25, 0.3) is 0 Å². The number of allylic oxidation sites excluding steroid dienone is 2. The molecular formula is C45H91N2O6P. The zero-order valence-electron chi connectivity index (χ0n) is 36.4. The van der Waals surface area contributed by atoms with E-state index >= 15 is 0 Å².